The van der Waals surface area contributed by atoms with Gasteiger partial charge in [0.15, 0.2) is 0 Å². The molecule has 9 heteroatoms. The highest BCUT2D eigenvalue weighted by molar-refractivity contribution is 6.32. The van der Waals surface area contributed by atoms with E-state index in [1.807, 2.05) is 36.4 Å². The second-order valence-electron chi connectivity index (χ2n) is 13.3. The number of imide groups is 2. The molecular formula is C41H33ClN2O6. The molecule has 4 amide bonds. The van der Waals surface area contributed by atoms with Gasteiger partial charge in [-0.3, -0.25) is 24.1 Å². The first-order valence-electron chi connectivity index (χ1n) is 16.6. The SMILES string of the molecule is C=Cc1ccc(N2C(=O)[C@H]3[C@H](CC=C4[C@H]3C[C@H]3C(=O)N(c5cccc(Cl)c5)C(=O)[C@@]3(c3ccccc3)[C@H]4c3ccc(OC)cc3O)C2=O)cc1. The highest BCUT2D eigenvalue weighted by Crippen LogP contribution is 2.65. The maximum absolute atomic E-state index is 15.3. The van der Waals surface area contributed by atoms with Crippen molar-refractivity contribution in [1.82, 2.24) is 0 Å². The maximum Gasteiger partial charge on any atom is 0.246 e. The van der Waals surface area contributed by atoms with Crippen LogP contribution in [-0.4, -0.2) is 35.8 Å². The maximum atomic E-state index is 15.3. The third kappa shape index (κ3) is 4.44. The van der Waals surface area contributed by atoms with E-state index < -0.39 is 46.8 Å². The van der Waals surface area contributed by atoms with Gasteiger partial charge in [-0.2, -0.15) is 0 Å². The van der Waals surface area contributed by atoms with Gasteiger partial charge in [-0.25, -0.2) is 4.90 Å². The van der Waals surface area contributed by atoms with Crippen LogP contribution in [0.15, 0.2) is 115 Å². The molecular weight excluding hydrogens is 652 g/mol. The predicted octanol–water partition coefficient (Wildman–Crippen LogP) is 7.06. The number of anilines is 2. The number of amides is 4. The fourth-order valence-corrected chi connectivity index (χ4v) is 9.18. The molecule has 0 spiro atoms. The van der Waals surface area contributed by atoms with Gasteiger partial charge in [-0.05, 0) is 66.3 Å². The van der Waals surface area contributed by atoms with E-state index in [9.17, 15) is 19.5 Å². The first-order valence-corrected chi connectivity index (χ1v) is 16.9. The number of rotatable bonds is 6. The van der Waals surface area contributed by atoms with Crippen molar-refractivity contribution >= 4 is 52.7 Å². The Labute approximate surface area is 294 Å². The Hall–Kier alpha value is -5.47. The molecule has 0 bridgehead atoms. The van der Waals surface area contributed by atoms with Crippen LogP contribution in [0, 0.1) is 23.7 Å². The summed E-state index contributed by atoms with van der Waals surface area (Å²) in [7, 11) is 1.50. The molecule has 2 aliphatic carbocycles. The van der Waals surface area contributed by atoms with Crippen molar-refractivity contribution in [1.29, 1.82) is 0 Å². The summed E-state index contributed by atoms with van der Waals surface area (Å²) < 4.78 is 5.41. The molecule has 8 nitrogen and oxygen atoms in total. The number of ether oxygens (including phenoxy) is 1. The van der Waals surface area contributed by atoms with Gasteiger partial charge in [0.25, 0.3) is 0 Å². The molecule has 3 fully saturated rings. The van der Waals surface area contributed by atoms with Crippen molar-refractivity contribution in [3.05, 3.63) is 137 Å². The smallest absolute Gasteiger partial charge is 0.246 e. The predicted molar refractivity (Wildman–Crippen MR) is 190 cm³/mol. The van der Waals surface area contributed by atoms with Crippen LogP contribution in [0.2, 0.25) is 5.02 Å². The number of hydrogen-bond acceptors (Lipinski definition) is 6. The molecule has 4 aliphatic rings. The van der Waals surface area contributed by atoms with E-state index in [-0.39, 0.29) is 30.4 Å². The molecule has 250 valence electrons. The Morgan fingerprint density at radius 2 is 1.60 bits per heavy atom. The van der Waals surface area contributed by atoms with Gasteiger partial charge in [0.2, 0.25) is 23.6 Å². The Morgan fingerprint density at radius 1 is 0.840 bits per heavy atom. The van der Waals surface area contributed by atoms with Crippen molar-refractivity contribution in [3.63, 3.8) is 0 Å². The number of fused-ring (bicyclic) bond motifs is 4. The van der Waals surface area contributed by atoms with E-state index in [4.69, 9.17) is 16.3 Å². The zero-order valence-electron chi connectivity index (χ0n) is 27.2. The third-order valence-corrected chi connectivity index (χ3v) is 11.3. The number of carbonyl (C=O) groups excluding carboxylic acids is 4. The first kappa shape index (κ1) is 31.8. The van der Waals surface area contributed by atoms with Crippen molar-refractivity contribution in [2.45, 2.75) is 24.2 Å². The largest absolute Gasteiger partial charge is 0.508 e. The van der Waals surface area contributed by atoms with Crippen molar-refractivity contribution in [3.8, 4) is 11.5 Å². The number of allylic oxidation sites excluding steroid dienone is 2. The van der Waals surface area contributed by atoms with Crippen LogP contribution in [-0.2, 0) is 24.6 Å². The molecule has 2 heterocycles. The highest BCUT2D eigenvalue weighted by Gasteiger charge is 2.70. The van der Waals surface area contributed by atoms with Gasteiger partial charge in [-0.1, -0.05) is 90.5 Å². The van der Waals surface area contributed by atoms with E-state index in [1.54, 1.807) is 66.7 Å². The van der Waals surface area contributed by atoms with Crippen LogP contribution in [0.4, 0.5) is 11.4 Å². The van der Waals surface area contributed by atoms with Crippen molar-refractivity contribution in [2.75, 3.05) is 16.9 Å². The molecule has 2 saturated heterocycles. The van der Waals surface area contributed by atoms with Crippen LogP contribution in [0.5, 0.6) is 11.5 Å². The summed E-state index contributed by atoms with van der Waals surface area (Å²) in [5.41, 5.74) is 1.98. The number of methoxy groups -OCH3 is 1. The summed E-state index contributed by atoms with van der Waals surface area (Å²) in [4.78, 5) is 61.1. The first-order chi connectivity index (χ1) is 24.2. The van der Waals surface area contributed by atoms with E-state index in [2.05, 4.69) is 6.58 Å². The Kier molecular flexibility index (Phi) is 7.53. The molecule has 50 heavy (non-hydrogen) atoms. The highest BCUT2D eigenvalue weighted by atomic mass is 35.5. The van der Waals surface area contributed by atoms with E-state index in [0.717, 1.165) is 11.1 Å². The zero-order chi connectivity index (χ0) is 34.9. The van der Waals surface area contributed by atoms with Crippen LogP contribution < -0.4 is 14.5 Å². The number of carbonyl (C=O) groups is 4. The number of phenols is 1. The monoisotopic (exact) mass is 684 g/mol. The fourth-order valence-electron chi connectivity index (χ4n) is 9.00. The van der Waals surface area contributed by atoms with Gasteiger partial charge >= 0.3 is 0 Å². The summed E-state index contributed by atoms with van der Waals surface area (Å²) >= 11 is 6.39. The molecule has 1 N–H and O–H groups in total. The van der Waals surface area contributed by atoms with Gasteiger partial charge < -0.3 is 9.84 Å². The lowest BCUT2D eigenvalue weighted by Gasteiger charge is -2.50. The average molecular weight is 685 g/mol. The molecule has 0 aromatic heterocycles. The second kappa shape index (κ2) is 11.8. The number of phenolic OH excluding ortho intramolecular Hbond substituents is 1. The molecule has 4 aromatic rings. The minimum Gasteiger partial charge on any atom is -0.508 e. The lowest BCUT2D eigenvalue weighted by atomic mass is 9.49. The van der Waals surface area contributed by atoms with E-state index in [1.165, 1.54) is 23.0 Å². The summed E-state index contributed by atoms with van der Waals surface area (Å²) in [6.07, 6.45) is 4.08. The quantitative estimate of drug-likeness (QED) is 0.172. The summed E-state index contributed by atoms with van der Waals surface area (Å²) in [5, 5.41) is 12.0. The Morgan fingerprint density at radius 3 is 2.28 bits per heavy atom. The minimum atomic E-state index is -1.49. The minimum absolute atomic E-state index is 0.105. The lowest BCUT2D eigenvalue weighted by molar-refractivity contribution is -0.127. The summed E-state index contributed by atoms with van der Waals surface area (Å²) in [6, 6.07) is 27.8. The molecule has 8 rings (SSSR count). The fraction of sp³-hybridized carbons (Fsp3) is 0.220. The number of benzene rings is 4. The van der Waals surface area contributed by atoms with Gasteiger partial charge in [-0.15, -0.1) is 0 Å². The van der Waals surface area contributed by atoms with Crippen LogP contribution in [0.3, 0.4) is 0 Å². The van der Waals surface area contributed by atoms with Gasteiger partial charge in [0.05, 0.1) is 41.7 Å². The Balaban J connectivity index is 1.35. The molecule has 0 unspecified atom stereocenters. The van der Waals surface area contributed by atoms with Crippen molar-refractivity contribution in [2.24, 2.45) is 23.7 Å². The second-order valence-corrected chi connectivity index (χ2v) is 13.8. The normalized spacial score (nSPS) is 27.1. The standard InChI is InChI=1S/C41H33ClN2O6/c1-3-23-12-14-26(15-13-23)43-37(46)31-19-18-29-32(35(31)39(43)48)22-33-38(47)44(27-11-7-10-25(42)20-27)40(49)41(33,24-8-5-4-6-9-24)36(29)30-17-16-28(50-2)21-34(30)45/h3-18,20-21,31-33,35-36,45H,1,19,22H2,2H3/t31-,32+,33-,35-,36+,41+/m0/s1. The summed E-state index contributed by atoms with van der Waals surface area (Å²) in [6.45, 7) is 3.79. The zero-order valence-corrected chi connectivity index (χ0v) is 27.9. The number of aromatic hydroxyl groups is 1. The number of nitrogens with zero attached hydrogens (tertiary/aromatic N) is 2. The topological polar surface area (TPSA) is 104 Å². The molecule has 6 atom stereocenters. The van der Waals surface area contributed by atoms with Crippen molar-refractivity contribution < 1.29 is 29.0 Å². The molecule has 4 aromatic carbocycles. The van der Waals surface area contributed by atoms with Gasteiger partial charge in [0, 0.05) is 22.6 Å². The van der Waals surface area contributed by atoms with Crippen LogP contribution >= 0.6 is 11.6 Å². The summed E-state index contributed by atoms with van der Waals surface area (Å²) in [5.74, 6) is -4.94. The molecule has 2 aliphatic heterocycles. The molecule has 0 radical (unpaired) electrons. The third-order valence-electron chi connectivity index (χ3n) is 11.1. The Bertz CT molecular complexity index is 2130. The number of hydrogen-bond donors (Lipinski definition) is 1. The van der Waals surface area contributed by atoms with E-state index >= 15 is 4.79 Å². The van der Waals surface area contributed by atoms with Crippen LogP contribution in [0.25, 0.3) is 6.08 Å². The van der Waals surface area contributed by atoms with E-state index in [0.29, 0.717) is 33.3 Å². The lowest BCUT2D eigenvalue weighted by Crippen LogP contribution is -2.53. The average Bonchev–Trinajstić information content (AvgIpc) is 3.52. The number of halogens is 1. The van der Waals surface area contributed by atoms with Gasteiger partial charge in [0.1, 0.15) is 11.5 Å². The molecule has 1 saturated carbocycles. The van der Waals surface area contributed by atoms with Crippen LogP contribution in [0.1, 0.15) is 35.4 Å².